The molecule has 3 rings (SSSR count). The molecule has 0 bridgehead atoms. The molecule has 0 saturated carbocycles. The zero-order valence-corrected chi connectivity index (χ0v) is 12.4. The van der Waals surface area contributed by atoms with Crippen LogP contribution < -0.4 is 16.1 Å². The molecule has 0 unspecified atom stereocenters. The van der Waals surface area contributed by atoms with E-state index in [2.05, 4.69) is 6.07 Å². The van der Waals surface area contributed by atoms with Crippen molar-refractivity contribution in [3.05, 3.63) is 51.7 Å². The van der Waals surface area contributed by atoms with E-state index in [0.717, 1.165) is 6.42 Å². The molecule has 1 aromatic carbocycles. The molecule has 0 radical (unpaired) electrons. The number of nitrogens with two attached hydrogens (primary N) is 1. The molecule has 1 aliphatic heterocycles. The lowest BCUT2D eigenvalue weighted by Gasteiger charge is -2.29. The Hall–Kier alpha value is -2.74. The van der Waals surface area contributed by atoms with Crippen molar-refractivity contribution in [1.29, 1.82) is 5.26 Å². The molecule has 1 aliphatic rings. The van der Waals surface area contributed by atoms with Gasteiger partial charge in [0, 0.05) is 5.92 Å². The number of para-hydroxylation sites is 1. The van der Waals surface area contributed by atoms with Gasteiger partial charge in [0.1, 0.15) is 11.7 Å². The van der Waals surface area contributed by atoms with Gasteiger partial charge in [-0.25, -0.2) is 4.79 Å². The summed E-state index contributed by atoms with van der Waals surface area (Å²) in [7, 11) is 0. The minimum atomic E-state index is -0.473. The van der Waals surface area contributed by atoms with Gasteiger partial charge in [-0.3, -0.25) is 0 Å². The highest BCUT2D eigenvalue weighted by molar-refractivity contribution is 5.85. The molecule has 22 heavy (non-hydrogen) atoms. The molecule has 5 heteroatoms. The number of ether oxygens (including phenoxy) is 1. The fraction of sp³-hybridized carbons (Fsp3) is 0.294. The lowest BCUT2D eigenvalue weighted by Crippen LogP contribution is -2.28. The maximum atomic E-state index is 12.5. The van der Waals surface area contributed by atoms with E-state index in [4.69, 9.17) is 14.9 Å². The summed E-state index contributed by atoms with van der Waals surface area (Å²) in [5.74, 6) is 0.143. The Morgan fingerprint density at radius 2 is 2.14 bits per heavy atom. The number of nitrogens with zero attached hydrogens (tertiary/aromatic N) is 1. The molecule has 0 saturated heterocycles. The van der Waals surface area contributed by atoms with Gasteiger partial charge in [-0.05, 0) is 18.1 Å². The molecule has 2 heterocycles. The standard InChI is InChI=1S/C17H16N2O3/c1-3-9(2)13-11(8-18)16(19)22-15-10-6-4-5-7-12(10)21-17(20)14(13)15/h4-7,9,13H,3,19H2,1-2H3/t9-,13-/m1/s1. The maximum absolute atomic E-state index is 12.5. The number of allylic oxidation sites excluding steroid dienone is 1. The fourth-order valence-corrected chi connectivity index (χ4v) is 2.91. The minimum Gasteiger partial charge on any atom is -0.439 e. The first-order valence-corrected chi connectivity index (χ1v) is 7.21. The van der Waals surface area contributed by atoms with Gasteiger partial charge in [-0.2, -0.15) is 5.26 Å². The molecular formula is C17H16N2O3. The van der Waals surface area contributed by atoms with Crippen molar-refractivity contribution in [3.63, 3.8) is 0 Å². The van der Waals surface area contributed by atoms with Crippen LogP contribution in [-0.4, -0.2) is 0 Å². The van der Waals surface area contributed by atoms with Crippen LogP contribution in [0.2, 0.25) is 0 Å². The van der Waals surface area contributed by atoms with Crippen molar-refractivity contribution in [2.45, 2.75) is 26.2 Å². The molecule has 5 nitrogen and oxygen atoms in total. The highest BCUT2D eigenvalue weighted by atomic mass is 16.5. The number of benzene rings is 1. The second-order valence-corrected chi connectivity index (χ2v) is 5.48. The van der Waals surface area contributed by atoms with Crippen LogP contribution in [0.5, 0.6) is 5.75 Å². The Morgan fingerprint density at radius 3 is 2.82 bits per heavy atom. The first-order chi connectivity index (χ1) is 10.6. The molecule has 0 spiro atoms. The van der Waals surface area contributed by atoms with Gasteiger partial charge in [-0.1, -0.05) is 32.4 Å². The van der Waals surface area contributed by atoms with E-state index in [1.165, 1.54) is 0 Å². The third-order valence-electron chi connectivity index (χ3n) is 4.23. The Labute approximate surface area is 127 Å². The monoisotopic (exact) mass is 296 g/mol. The van der Waals surface area contributed by atoms with Crippen molar-refractivity contribution < 1.29 is 9.15 Å². The van der Waals surface area contributed by atoms with Crippen LogP contribution in [0, 0.1) is 17.2 Å². The van der Waals surface area contributed by atoms with Gasteiger partial charge in [0.25, 0.3) is 0 Å². The second kappa shape index (κ2) is 5.23. The van der Waals surface area contributed by atoms with Gasteiger partial charge in [0.15, 0.2) is 5.75 Å². The molecule has 112 valence electrons. The van der Waals surface area contributed by atoms with Crippen molar-refractivity contribution in [1.82, 2.24) is 0 Å². The number of fused-ring (bicyclic) bond motifs is 3. The molecule has 0 amide bonds. The highest BCUT2D eigenvalue weighted by Crippen LogP contribution is 2.44. The third-order valence-corrected chi connectivity index (χ3v) is 4.23. The highest BCUT2D eigenvalue weighted by Gasteiger charge is 2.36. The number of nitriles is 1. The Balaban J connectivity index is 2.38. The molecule has 0 aliphatic carbocycles. The first kappa shape index (κ1) is 14.2. The number of rotatable bonds is 2. The van der Waals surface area contributed by atoms with Crippen LogP contribution in [0.3, 0.4) is 0 Å². The zero-order valence-electron chi connectivity index (χ0n) is 12.4. The van der Waals surface area contributed by atoms with Crippen LogP contribution in [0.25, 0.3) is 11.0 Å². The minimum absolute atomic E-state index is 0.0658. The molecule has 2 aromatic rings. The van der Waals surface area contributed by atoms with Gasteiger partial charge in [0.05, 0.1) is 16.5 Å². The Bertz CT molecular complexity index is 874. The summed E-state index contributed by atoms with van der Waals surface area (Å²) < 4.78 is 11.0. The van der Waals surface area contributed by atoms with E-state index in [-0.39, 0.29) is 11.8 Å². The van der Waals surface area contributed by atoms with Crippen LogP contribution in [0.1, 0.15) is 31.7 Å². The van der Waals surface area contributed by atoms with E-state index in [1.54, 1.807) is 12.1 Å². The average Bonchev–Trinajstić information content (AvgIpc) is 2.53. The maximum Gasteiger partial charge on any atom is 0.343 e. The lowest BCUT2D eigenvalue weighted by molar-refractivity contribution is 0.355. The third kappa shape index (κ3) is 1.96. The summed E-state index contributed by atoms with van der Waals surface area (Å²) in [5, 5.41) is 10.1. The van der Waals surface area contributed by atoms with Crippen LogP contribution in [0.4, 0.5) is 0 Å². The SMILES string of the molecule is CC[C@@H](C)[C@@H]1C(C#N)=C(N)Oc2c1c(=O)oc1ccccc21. The van der Waals surface area contributed by atoms with E-state index in [0.29, 0.717) is 27.9 Å². The van der Waals surface area contributed by atoms with Crippen molar-refractivity contribution in [2.24, 2.45) is 11.7 Å². The summed E-state index contributed by atoms with van der Waals surface area (Å²) in [6.07, 6.45) is 0.800. The van der Waals surface area contributed by atoms with Gasteiger partial charge in [0.2, 0.25) is 5.88 Å². The molecule has 2 N–H and O–H groups in total. The number of hydrogen-bond acceptors (Lipinski definition) is 5. The fourth-order valence-electron chi connectivity index (χ4n) is 2.91. The van der Waals surface area contributed by atoms with Crippen LogP contribution >= 0.6 is 0 Å². The smallest absolute Gasteiger partial charge is 0.343 e. The lowest BCUT2D eigenvalue weighted by atomic mass is 9.79. The summed E-state index contributed by atoms with van der Waals surface area (Å²) in [4.78, 5) is 12.5. The topological polar surface area (TPSA) is 89.3 Å². The predicted octanol–water partition coefficient (Wildman–Crippen LogP) is 3.01. The van der Waals surface area contributed by atoms with Gasteiger partial charge in [-0.15, -0.1) is 0 Å². The average molecular weight is 296 g/mol. The normalized spacial score (nSPS) is 18.5. The summed E-state index contributed by atoms with van der Waals surface area (Å²) in [5.41, 5.74) is 6.59. The predicted molar refractivity (Wildman–Crippen MR) is 82.1 cm³/mol. The van der Waals surface area contributed by atoms with Crippen LogP contribution in [0.15, 0.2) is 44.9 Å². The Kier molecular flexibility index (Phi) is 3.38. The largest absolute Gasteiger partial charge is 0.439 e. The van der Waals surface area contributed by atoms with E-state index in [1.807, 2.05) is 26.0 Å². The molecule has 0 fully saturated rings. The second-order valence-electron chi connectivity index (χ2n) is 5.48. The summed E-state index contributed by atoms with van der Waals surface area (Å²) in [6.45, 7) is 3.99. The van der Waals surface area contributed by atoms with E-state index in [9.17, 15) is 10.1 Å². The van der Waals surface area contributed by atoms with E-state index < -0.39 is 11.5 Å². The van der Waals surface area contributed by atoms with Gasteiger partial charge >= 0.3 is 5.63 Å². The zero-order chi connectivity index (χ0) is 15.9. The van der Waals surface area contributed by atoms with Crippen LogP contribution in [-0.2, 0) is 0 Å². The molecular weight excluding hydrogens is 280 g/mol. The molecule has 1 aromatic heterocycles. The van der Waals surface area contributed by atoms with Crippen molar-refractivity contribution in [3.8, 4) is 11.8 Å². The van der Waals surface area contributed by atoms with Crippen molar-refractivity contribution >= 4 is 11.0 Å². The van der Waals surface area contributed by atoms with Crippen molar-refractivity contribution in [2.75, 3.05) is 0 Å². The van der Waals surface area contributed by atoms with Gasteiger partial charge < -0.3 is 14.9 Å². The first-order valence-electron chi connectivity index (χ1n) is 7.21. The Morgan fingerprint density at radius 1 is 1.41 bits per heavy atom. The van der Waals surface area contributed by atoms with E-state index >= 15 is 0 Å². The summed E-state index contributed by atoms with van der Waals surface area (Å²) in [6, 6.07) is 9.23. The molecule has 2 atom stereocenters. The summed E-state index contributed by atoms with van der Waals surface area (Å²) >= 11 is 0. The number of hydrogen-bond donors (Lipinski definition) is 1. The quantitative estimate of drug-likeness (QED) is 0.860.